The number of para-hydroxylation sites is 1. The van der Waals surface area contributed by atoms with E-state index in [0.29, 0.717) is 3.57 Å². The van der Waals surface area contributed by atoms with E-state index >= 15 is 0 Å². The van der Waals surface area contributed by atoms with Crippen LogP contribution < -0.4 is 10.1 Å². The lowest BCUT2D eigenvalue weighted by Gasteiger charge is -2.12. The number of anilines is 1. The van der Waals surface area contributed by atoms with Crippen LogP contribution in [-0.2, 0) is 0 Å². The van der Waals surface area contributed by atoms with E-state index in [-0.39, 0.29) is 5.69 Å². The highest BCUT2D eigenvalue weighted by Gasteiger charge is 2.30. The average molecular weight is 425 g/mol. The molecule has 0 bridgehead atoms. The van der Waals surface area contributed by atoms with Crippen molar-refractivity contribution in [1.29, 1.82) is 0 Å². The summed E-state index contributed by atoms with van der Waals surface area (Å²) >= 11 is 1.88. The first-order chi connectivity index (χ1) is 10.4. The molecule has 0 aliphatic carbocycles. The van der Waals surface area contributed by atoms with Crippen LogP contribution in [-0.4, -0.2) is 13.0 Å². The Kier molecular flexibility index (Phi) is 4.89. The molecular weight excluding hydrogens is 417 g/mol. The summed E-state index contributed by atoms with van der Waals surface area (Å²) in [6.07, 6.45) is 0. The van der Waals surface area contributed by atoms with Gasteiger partial charge < -0.3 is 10.1 Å². The number of benzene rings is 2. The van der Waals surface area contributed by atoms with Crippen molar-refractivity contribution in [2.75, 3.05) is 12.4 Å². The van der Waals surface area contributed by atoms with E-state index in [2.05, 4.69) is 10.1 Å². The van der Waals surface area contributed by atoms with Crippen molar-refractivity contribution in [1.82, 2.24) is 0 Å². The molecule has 0 saturated carbocycles. The summed E-state index contributed by atoms with van der Waals surface area (Å²) in [6.45, 7) is 0. The van der Waals surface area contributed by atoms with Crippen LogP contribution in [0.15, 0.2) is 24.3 Å². The van der Waals surface area contributed by atoms with E-state index in [9.17, 15) is 22.4 Å². The minimum absolute atomic E-state index is 0.253. The normalized spacial score (nSPS) is 10.5. The molecule has 0 heterocycles. The van der Waals surface area contributed by atoms with Crippen molar-refractivity contribution < 1.29 is 27.1 Å². The van der Waals surface area contributed by atoms with Crippen molar-refractivity contribution >= 4 is 34.2 Å². The molecule has 22 heavy (non-hydrogen) atoms. The lowest BCUT2D eigenvalue weighted by molar-refractivity contribution is 0.101. The van der Waals surface area contributed by atoms with Crippen molar-refractivity contribution in [3.05, 3.63) is 56.7 Å². The number of carbonyl (C=O) groups excluding carboxylic acids is 1. The summed E-state index contributed by atoms with van der Waals surface area (Å²) < 4.78 is 59.7. The molecule has 0 aromatic heterocycles. The maximum Gasteiger partial charge on any atom is 0.261 e. The smallest absolute Gasteiger partial charge is 0.261 e. The van der Waals surface area contributed by atoms with Gasteiger partial charge in [-0.15, -0.1) is 0 Å². The Morgan fingerprint density at radius 3 is 2.09 bits per heavy atom. The van der Waals surface area contributed by atoms with Crippen molar-refractivity contribution in [3.63, 3.8) is 0 Å². The highest BCUT2D eigenvalue weighted by molar-refractivity contribution is 14.1. The Labute approximate surface area is 136 Å². The molecule has 8 heteroatoms. The molecule has 1 amide bonds. The molecule has 2 aromatic rings. The fourth-order valence-electron chi connectivity index (χ4n) is 1.74. The molecule has 0 spiro atoms. The van der Waals surface area contributed by atoms with Crippen LogP contribution in [0, 0.1) is 26.8 Å². The predicted molar refractivity (Wildman–Crippen MR) is 79.9 cm³/mol. The molecule has 116 valence electrons. The minimum Gasteiger partial charge on any atom is -0.491 e. The second-order valence-corrected chi connectivity index (χ2v) is 5.26. The molecule has 0 radical (unpaired) electrons. The zero-order valence-electron chi connectivity index (χ0n) is 11.0. The number of carbonyl (C=O) groups is 1. The van der Waals surface area contributed by atoms with Gasteiger partial charge in [0, 0.05) is 3.57 Å². The summed E-state index contributed by atoms with van der Waals surface area (Å²) in [5.41, 5.74) is -1.10. The molecule has 0 aliphatic rings. The van der Waals surface area contributed by atoms with Crippen molar-refractivity contribution in [2.45, 2.75) is 0 Å². The topological polar surface area (TPSA) is 38.3 Å². The van der Waals surface area contributed by atoms with Crippen LogP contribution in [0.5, 0.6) is 5.75 Å². The number of hydrogen-bond acceptors (Lipinski definition) is 2. The van der Waals surface area contributed by atoms with Gasteiger partial charge >= 0.3 is 0 Å². The molecule has 0 atom stereocenters. The van der Waals surface area contributed by atoms with E-state index in [1.54, 1.807) is 18.2 Å². The Balaban J connectivity index is 2.49. The largest absolute Gasteiger partial charge is 0.491 e. The van der Waals surface area contributed by atoms with Crippen LogP contribution >= 0.6 is 22.6 Å². The van der Waals surface area contributed by atoms with Crippen LogP contribution in [0.2, 0.25) is 0 Å². The van der Waals surface area contributed by atoms with Gasteiger partial charge in [-0.05, 0) is 34.7 Å². The van der Waals surface area contributed by atoms with Gasteiger partial charge in [0.15, 0.2) is 17.4 Å². The zero-order valence-corrected chi connectivity index (χ0v) is 13.2. The molecule has 2 aromatic carbocycles. The summed E-state index contributed by atoms with van der Waals surface area (Å²) in [5.74, 6) is -9.71. The van der Waals surface area contributed by atoms with Gasteiger partial charge in [-0.1, -0.05) is 12.1 Å². The van der Waals surface area contributed by atoms with E-state index in [1.165, 1.54) is 6.07 Å². The Hall–Kier alpha value is -1.84. The van der Waals surface area contributed by atoms with Crippen LogP contribution in [0.4, 0.5) is 23.2 Å². The number of ether oxygens (including phenoxy) is 1. The lowest BCUT2D eigenvalue weighted by Crippen LogP contribution is -2.19. The van der Waals surface area contributed by atoms with E-state index in [1.807, 2.05) is 22.6 Å². The SMILES string of the molecule is COc1c(F)c(F)c(C(=O)Nc2ccccc2I)c(F)c1F. The van der Waals surface area contributed by atoms with Crippen molar-refractivity contribution in [2.24, 2.45) is 0 Å². The lowest BCUT2D eigenvalue weighted by atomic mass is 10.1. The second kappa shape index (κ2) is 6.51. The predicted octanol–water partition coefficient (Wildman–Crippen LogP) is 4.11. The Bertz CT molecular complexity index is 723. The molecule has 0 saturated heterocycles. The van der Waals surface area contributed by atoms with Gasteiger partial charge in [0.25, 0.3) is 5.91 Å². The molecule has 0 unspecified atom stereocenters. The number of halogens is 5. The van der Waals surface area contributed by atoms with Crippen molar-refractivity contribution in [3.8, 4) is 5.75 Å². The van der Waals surface area contributed by atoms with Gasteiger partial charge in [0.1, 0.15) is 5.56 Å². The summed E-state index contributed by atoms with van der Waals surface area (Å²) in [5, 5.41) is 2.20. The fourth-order valence-corrected chi connectivity index (χ4v) is 2.26. The first kappa shape index (κ1) is 16.5. The van der Waals surface area contributed by atoms with Gasteiger partial charge in [0.2, 0.25) is 11.6 Å². The molecular formula is C14H8F4INO2. The fraction of sp³-hybridized carbons (Fsp3) is 0.0714. The van der Waals surface area contributed by atoms with Crippen LogP contribution in [0.3, 0.4) is 0 Å². The van der Waals surface area contributed by atoms with Gasteiger partial charge in [-0.25, -0.2) is 8.78 Å². The van der Waals surface area contributed by atoms with Crippen LogP contribution in [0.25, 0.3) is 0 Å². The third kappa shape index (κ3) is 2.87. The molecule has 3 nitrogen and oxygen atoms in total. The number of methoxy groups -OCH3 is 1. The van der Waals surface area contributed by atoms with Gasteiger partial charge in [-0.3, -0.25) is 4.79 Å². The zero-order chi connectivity index (χ0) is 16.4. The summed E-state index contributed by atoms with van der Waals surface area (Å²) in [7, 11) is 0.854. The number of nitrogens with one attached hydrogen (secondary N) is 1. The minimum atomic E-state index is -1.82. The average Bonchev–Trinajstić information content (AvgIpc) is 2.48. The number of rotatable bonds is 3. The van der Waals surface area contributed by atoms with Gasteiger partial charge in [-0.2, -0.15) is 8.78 Å². The quantitative estimate of drug-likeness (QED) is 0.457. The Morgan fingerprint density at radius 2 is 1.59 bits per heavy atom. The molecule has 2 rings (SSSR count). The summed E-state index contributed by atoms with van der Waals surface area (Å²) in [6, 6.07) is 6.38. The number of hydrogen-bond donors (Lipinski definition) is 1. The first-order valence-corrected chi connectivity index (χ1v) is 6.92. The third-order valence-corrected chi connectivity index (χ3v) is 3.72. The highest BCUT2D eigenvalue weighted by Crippen LogP contribution is 2.30. The maximum atomic E-state index is 13.8. The van der Waals surface area contributed by atoms with Crippen LogP contribution in [0.1, 0.15) is 10.4 Å². The maximum absolute atomic E-state index is 13.8. The monoisotopic (exact) mass is 425 g/mol. The van der Waals surface area contributed by atoms with E-state index in [4.69, 9.17) is 0 Å². The third-order valence-electron chi connectivity index (χ3n) is 2.78. The molecule has 0 aliphatic heterocycles. The molecule has 0 fully saturated rings. The first-order valence-electron chi connectivity index (χ1n) is 5.84. The second-order valence-electron chi connectivity index (χ2n) is 4.10. The standard InChI is InChI=1S/C14H8F4INO2/c1-22-13-11(17)9(15)8(10(16)12(13)18)14(21)20-7-5-3-2-4-6(7)19/h2-5H,1H3,(H,20,21). The highest BCUT2D eigenvalue weighted by atomic mass is 127. The Morgan fingerprint density at radius 1 is 1.05 bits per heavy atom. The van der Waals surface area contributed by atoms with E-state index < -0.39 is 40.5 Å². The molecule has 1 N–H and O–H groups in total. The van der Waals surface area contributed by atoms with E-state index in [0.717, 1.165) is 7.11 Å². The van der Waals surface area contributed by atoms with Gasteiger partial charge in [0.05, 0.1) is 12.8 Å². The summed E-state index contributed by atoms with van der Waals surface area (Å²) in [4.78, 5) is 11.9. The number of amides is 1.